The van der Waals surface area contributed by atoms with Crippen LogP contribution < -0.4 is 5.32 Å². The number of rotatable bonds is 6. The number of fused-ring (bicyclic) bond motifs is 1. The average molecular weight is 268 g/mol. The van der Waals surface area contributed by atoms with Crippen molar-refractivity contribution in [3.05, 3.63) is 0 Å². The number of nitrogens with zero attached hydrogens (tertiary/aromatic N) is 1. The topological polar surface area (TPSA) is 52.6 Å². The zero-order chi connectivity index (χ0) is 13.8. The first-order chi connectivity index (χ1) is 9.08. The minimum Gasteiger partial charge on any atom is -0.480 e. The van der Waals surface area contributed by atoms with Gasteiger partial charge in [0.15, 0.2) is 0 Å². The second-order valence-corrected chi connectivity index (χ2v) is 6.44. The molecule has 1 saturated heterocycles. The van der Waals surface area contributed by atoms with Crippen LogP contribution in [-0.2, 0) is 4.79 Å². The third-order valence-electron chi connectivity index (χ3n) is 4.65. The zero-order valence-corrected chi connectivity index (χ0v) is 12.3. The Morgan fingerprint density at radius 3 is 2.74 bits per heavy atom. The first kappa shape index (κ1) is 14.8. The van der Waals surface area contributed by atoms with Crippen molar-refractivity contribution in [3.63, 3.8) is 0 Å². The number of carbonyl (C=O) groups is 1. The number of hydrogen-bond acceptors (Lipinski definition) is 3. The lowest BCUT2D eigenvalue weighted by molar-refractivity contribution is -0.140. The fourth-order valence-corrected chi connectivity index (χ4v) is 3.81. The van der Waals surface area contributed by atoms with E-state index in [-0.39, 0.29) is 6.04 Å². The molecule has 2 N–H and O–H groups in total. The van der Waals surface area contributed by atoms with Crippen LogP contribution in [0.5, 0.6) is 0 Å². The van der Waals surface area contributed by atoms with Gasteiger partial charge in [0.2, 0.25) is 0 Å². The average Bonchev–Trinajstić information content (AvgIpc) is 2.82. The summed E-state index contributed by atoms with van der Waals surface area (Å²) in [5, 5.41) is 12.4. The van der Waals surface area contributed by atoms with Gasteiger partial charge in [0.05, 0.1) is 0 Å². The van der Waals surface area contributed by atoms with E-state index >= 15 is 0 Å². The number of hydrogen-bond donors (Lipinski definition) is 2. The Hall–Kier alpha value is -0.610. The van der Waals surface area contributed by atoms with Crippen LogP contribution in [0.3, 0.4) is 0 Å². The van der Waals surface area contributed by atoms with Crippen molar-refractivity contribution in [2.75, 3.05) is 13.1 Å². The van der Waals surface area contributed by atoms with Gasteiger partial charge in [-0.15, -0.1) is 0 Å². The number of aliphatic carboxylic acids is 1. The first-order valence-electron chi connectivity index (χ1n) is 7.81. The summed E-state index contributed by atoms with van der Waals surface area (Å²) in [5.74, 6) is 0.170. The van der Waals surface area contributed by atoms with E-state index in [9.17, 15) is 9.90 Å². The number of carboxylic acids is 1. The predicted octanol–water partition coefficient (Wildman–Crippen LogP) is 2.09. The van der Waals surface area contributed by atoms with Crippen LogP contribution in [0.15, 0.2) is 0 Å². The van der Waals surface area contributed by atoms with E-state index < -0.39 is 12.0 Å². The molecule has 3 unspecified atom stereocenters. The molecule has 0 aromatic carbocycles. The molecule has 1 heterocycles. The summed E-state index contributed by atoms with van der Waals surface area (Å²) in [4.78, 5) is 13.8. The molecule has 4 heteroatoms. The highest BCUT2D eigenvalue weighted by molar-refractivity contribution is 5.73. The second-order valence-electron chi connectivity index (χ2n) is 6.44. The summed E-state index contributed by atoms with van der Waals surface area (Å²) < 4.78 is 0. The third-order valence-corrected chi connectivity index (χ3v) is 4.65. The Labute approximate surface area is 116 Å². The molecule has 2 fully saturated rings. The van der Waals surface area contributed by atoms with Gasteiger partial charge < -0.3 is 15.3 Å². The summed E-state index contributed by atoms with van der Waals surface area (Å²) in [5.41, 5.74) is 0. The lowest BCUT2D eigenvalue weighted by Gasteiger charge is -2.38. The molecule has 110 valence electrons. The molecule has 1 aliphatic heterocycles. The number of carboxylic acid groups (broad SMARTS) is 1. The van der Waals surface area contributed by atoms with E-state index in [0.29, 0.717) is 0 Å². The van der Waals surface area contributed by atoms with E-state index in [0.717, 1.165) is 31.5 Å². The van der Waals surface area contributed by atoms with Crippen molar-refractivity contribution in [3.8, 4) is 0 Å². The van der Waals surface area contributed by atoms with Crippen LogP contribution in [0.1, 0.15) is 52.4 Å². The van der Waals surface area contributed by atoms with Crippen molar-refractivity contribution >= 4 is 5.97 Å². The molecule has 0 amide bonds. The molecule has 2 aliphatic rings. The quantitative estimate of drug-likeness (QED) is 0.774. The minimum absolute atomic E-state index is 0.224. The Kier molecular flexibility index (Phi) is 5.22. The Balaban J connectivity index is 1.84. The number of likely N-dealkylation sites (tertiary alicyclic amines) is 1. The number of piperidine rings is 1. The van der Waals surface area contributed by atoms with Crippen LogP contribution in [-0.4, -0.2) is 47.2 Å². The van der Waals surface area contributed by atoms with Crippen molar-refractivity contribution in [2.45, 2.75) is 70.5 Å². The van der Waals surface area contributed by atoms with Gasteiger partial charge in [-0.3, -0.25) is 4.79 Å². The zero-order valence-electron chi connectivity index (χ0n) is 12.3. The van der Waals surface area contributed by atoms with Crippen LogP contribution >= 0.6 is 0 Å². The summed E-state index contributed by atoms with van der Waals surface area (Å²) in [6.45, 7) is 6.10. The van der Waals surface area contributed by atoms with Crippen molar-refractivity contribution in [2.24, 2.45) is 5.92 Å². The van der Waals surface area contributed by atoms with E-state index in [1.165, 1.54) is 32.1 Å². The van der Waals surface area contributed by atoms with Gasteiger partial charge in [0.1, 0.15) is 6.04 Å². The molecule has 2 rings (SSSR count). The SMILES string of the molecule is CC(C)NC(CCN1CCCC2CCCC21)C(=O)O. The van der Waals surface area contributed by atoms with E-state index in [2.05, 4.69) is 10.2 Å². The molecule has 1 aliphatic carbocycles. The molecular formula is C15H28N2O2. The van der Waals surface area contributed by atoms with Gasteiger partial charge in [-0.05, 0) is 44.6 Å². The molecule has 3 atom stereocenters. The molecule has 4 nitrogen and oxygen atoms in total. The Bertz CT molecular complexity index is 307. The summed E-state index contributed by atoms with van der Waals surface area (Å²) >= 11 is 0. The summed E-state index contributed by atoms with van der Waals surface area (Å²) in [6, 6.07) is 0.561. The Morgan fingerprint density at radius 1 is 1.32 bits per heavy atom. The van der Waals surface area contributed by atoms with Gasteiger partial charge in [0, 0.05) is 18.6 Å². The fourth-order valence-electron chi connectivity index (χ4n) is 3.81. The van der Waals surface area contributed by atoms with Gasteiger partial charge in [-0.1, -0.05) is 20.3 Å². The molecule has 0 radical (unpaired) electrons. The standard InChI is InChI=1S/C15H28N2O2/c1-11(2)16-13(15(18)19)8-10-17-9-4-6-12-5-3-7-14(12)17/h11-14,16H,3-10H2,1-2H3,(H,18,19). The predicted molar refractivity (Wildman–Crippen MR) is 76.2 cm³/mol. The maximum Gasteiger partial charge on any atom is 0.320 e. The maximum atomic E-state index is 11.3. The van der Waals surface area contributed by atoms with Crippen LogP contribution in [0, 0.1) is 5.92 Å². The van der Waals surface area contributed by atoms with Crippen LogP contribution in [0.4, 0.5) is 0 Å². The van der Waals surface area contributed by atoms with Crippen LogP contribution in [0.2, 0.25) is 0 Å². The molecule has 0 bridgehead atoms. The van der Waals surface area contributed by atoms with Gasteiger partial charge in [-0.2, -0.15) is 0 Å². The van der Waals surface area contributed by atoms with Gasteiger partial charge >= 0.3 is 5.97 Å². The monoisotopic (exact) mass is 268 g/mol. The third kappa shape index (κ3) is 3.93. The normalized spacial score (nSPS) is 29.4. The highest BCUT2D eigenvalue weighted by Gasteiger charge is 2.35. The minimum atomic E-state index is -0.714. The molecule has 0 aromatic rings. The highest BCUT2D eigenvalue weighted by atomic mass is 16.4. The van der Waals surface area contributed by atoms with E-state index in [4.69, 9.17) is 0 Å². The van der Waals surface area contributed by atoms with Gasteiger partial charge in [-0.25, -0.2) is 0 Å². The largest absolute Gasteiger partial charge is 0.480 e. The first-order valence-corrected chi connectivity index (χ1v) is 7.81. The molecule has 0 spiro atoms. The van der Waals surface area contributed by atoms with E-state index in [1.54, 1.807) is 0 Å². The van der Waals surface area contributed by atoms with Crippen molar-refractivity contribution in [1.29, 1.82) is 0 Å². The van der Waals surface area contributed by atoms with Crippen LogP contribution in [0.25, 0.3) is 0 Å². The maximum absolute atomic E-state index is 11.3. The highest BCUT2D eigenvalue weighted by Crippen LogP contribution is 2.36. The lowest BCUT2D eigenvalue weighted by Crippen LogP contribution is -2.47. The molecule has 19 heavy (non-hydrogen) atoms. The van der Waals surface area contributed by atoms with E-state index in [1.807, 2.05) is 13.8 Å². The fraction of sp³-hybridized carbons (Fsp3) is 0.933. The van der Waals surface area contributed by atoms with Crippen molar-refractivity contribution in [1.82, 2.24) is 10.2 Å². The molecule has 0 aromatic heterocycles. The smallest absolute Gasteiger partial charge is 0.320 e. The van der Waals surface area contributed by atoms with Gasteiger partial charge in [0.25, 0.3) is 0 Å². The molecule has 1 saturated carbocycles. The molecular weight excluding hydrogens is 240 g/mol. The second kappa shape index (κ2) is 6.71. The summed E-state index contributed by atoms with van der Waals surface area (Å²) in [6.07, 6.45) is 7.45. The Morgan fingerprint density at radius 2 is 2.05 bits per heavy atom. The lowest BCUT2D eigenvalue weighted by atomic mass is 9.91. The number of nitrogens with one attached hydrogen (secondary N) is 1. The van der Waals surface area contributed by atoms with Crippen molar-refractivity contribution < 1.29 is 9.90 Å². The summed E-state index contributed by atoms with van der Waals surface area (Å²) in [7, 11) is 0.